The fourth-order valence-corrected chi connectivity index (χ4v) is 2.28. The maximum Gasteiger partial charge on any atom is 0.0387 e. The number of aryl methyl sites for hydroxylation is 1. The summed E-state index contributed by atoms with van der Waals surface area (Å²) in [5.74, 6) is 0. The standard InChI is InChI=1S/C16H20N/c1-16(12-6-5-11-15(16)17)13-7-10-14-8-3-2-4-9-14/h2-6,8-9,12,15H,7,10,13,17H2,1H3. The van der Waals surface area contributed by atoms with Gasteiger partial charge >= 0.3 is 0 Å². The SMILES string of the molecule is CC1(CCCc2ccccc2)C=CC=[C]C1N. The van der Waals surface area contributed by atoms with Crippen molar-refractivity contribution in [3.8, 4) is 0 Å². The van der Waals surface area contributed by atoms with Crippen LogP contribution in [0.5, 0.6) is 0 Å². The summed E-state index contributed by atoms with van der Waals surface area (Å²) in [4.78, 5) is 0. The van der Waals surface area contributed by atoms with Crippen LogP contribution in [0.15, 0.2) is 48.6 Å². The van der Waals surface area contributed by atoms with Gasteiger partial charge in [-0.2, -0.15) is 0 Å². The fraction of sp³-hybridized carbons (Fsp3) is 0.375. The van der Waals surface area contributed by atoms with Crippen LogP contribution in [-0.2, 0) is 6.42 Å². The molecule has 0 fully saturated rings. The molecule has 17 heavy (non-hydrogen) atoms. The van der Waals surface area contributed by atoms with Gasteiger partial charge in [0.15, 0.2) is 0 Å². The van der Waals surface area contributed by atoms with E-state index in [1.807, 2.05) is 6.08 Å². The van der Waals surface area contributed by atoms with Gasteiger partial charge in [-0.3, -0.25) is 0 Å². The zero-order valence-corrected chi connectivity index (χ0v) is 10.4. The molecule has 1 aromatic rings. The Morgan fingerprint density at radius 1 is 1.29 bits per heavy atom. The Hall–Kier alpha value is -1.34. The second-order valence-electron chi connectivity index (χ2n) is 5.02. The molecule has 2 N–H and O–H groups in total. The van der Waals surface area contributed by atoms with E-state index in [9.17, 15) is 0 Å². The molecule has 2 rings (SSSR count). The van der Waals surface area contributed by atoms with Gasteiger partial charge in [0.2, 0.25) is 0 Å². The summed E-state index contributed by atoms with van der Waals surface area (Å²) in [6.07, 6.45) is 12.8. The normalized spacial score (nSPS) is 27.3. The van der Waals surface area contributed by atoms with Gasteiger partial charge in [0.25, 0.3) is 0 Å². The Kier molecular flexibility index (Phi) is 3.80. The smallest absolute Gasteiger partial charge is 0.0387 e. The number of allylic oxidation sites excluding steroid dienone is 2. The summed E-state index contributed by atoms with van der Waals surface area (Å²) in [6, 6.07) is 10.7. The van der Waals surface area contributed by atoms with Crippen LogP contribution in [0.3, 0.4) is 0 Å². The quantitative estimate of drug-likeness (QED) is 0.837. The average Bonchev–Trinajstić information content (AvgIpc) is 2.35. The highest BCUT2D eigenvalue weighted by molar-refractivity contribution is 5.18. The molecule has 0 saturated carbocycles. The average molecular weight is 226 g/mol. The van der Waals surface area contributed by atoms with Crippen molar-refractivity contribution in [3.05, 3.63) is 60.2 Å². The summed E-state index contributed by atoms with van der Waals surface area (Å²) in [6.45, 7) is 2.22. The molecule has 0 spiro atoms. The summed E-state index contributed by atoms with van der Waals surface area (Å²) >= 11 is 0. The van der Waals surface area contributed by atoms with Crippen molar-refractivity contribution in [2.24, 2.45) is 11.1 Å². The van der Waals surface area contributed by atoms with E-state index in [-0.39, 0.29) is 11.5 Å². The molecule has 1 nitrogen and oxygen atoms in total. The molecule has 0 aliphatic heterocycles. The van der Waals surface area contributed by atoms with Gasteiger partial charge in [0.1, 0.15) is 0 Å². The number of benzene rings is 1. The van der Waals surface area contributed by atoms with Gasteiger partial charge in [-0.1, -0.05) is 55.5 Å². The van der Waals surface area contributed by atoms with Gasteiger partial charge < -0.3 is 5.73 Å². The first-order valence-corrected chi connectivity index (χ1v) is 6.27. The summed E-state index contributed by atoms with van der Waals surface area (Å²) in [5.41, 5.74) is 7.58. The Balaban J connectivity index is 1.86. The monoisotopic (exact) mass is 226 g/mol. The molecule has 0 saturated heterocycles. The lowest BCUT2D eigenvalue weighted by Crippen LogP contribution is -2.38. The Bertz CT molecular complexity index is 405. The first-order chi connectivity index (χ1) is 8.21. The molecule has 1 aromatic carbocycles. The summed E-state index contributed by atoms with van der Waals surface area (Å²) in [7, 11) is 0. The van der Waals surface area contributed by atoms with Crippen LogP contribution in [0.4, 0.5) is 0 Å². The van der Waals surface area contributed by atoms with E-state index in [0.717, 1.165) is 12.8 Å². The molecule has 1 radical (unpaired) electrons. The highest BCUT2D eigenvalue weighted by atomic mass is 14.7. The molecule has 0 heterocycles. The van der Waals surface area contributed by atoms with Crippen LogP contribution >= 0.6 is 0 Å². The van der Waals surface area contributed by atoms with E-state index in [4.69, 9.17) is 5.73 Å². The van der Waals surface area contributed by atoms with Gasteiger partial charge in [-0.25, -0.2) is 0 Å². The van der Waals surface area contributed by atoms with Crippen molar-refractivity contribution in [1.82, 2.24) is 0 Å². The number of hydrogen-bond acceptors (Lipinski definition) is 1. The molecular weight excluding hydrogens is 206 g/mol. The molecule has 89 valence electrons. The zero-order chi connectivity index (χ0) is 12.1. The molecule has 0 bridgehead atoms. The van der Waals surface area contributed by atoms with Crippen LogP contribution < -0.4 is 5.73 Å². The van der Waals surface area contributed by atoms with Crippen LogP contribution in [0.1, 0.15) is 25.3 Å². The molecule has 2 unspecified atom stereocenters. The lowest BCUT2D eigenvalue weighted by atomic mass is 9.75. The molecule has 2 atom stereocenters. The Morgan fingerprint density at radius 2 is 2.06 bits per heavy atom. The first kappa shape index (κ1) is 12.1. The van der Waals surface area contributed by atoms with E-state index in [1.54, 1.807) is 0 Å². The zero-order valence-electron chi connectivity index (χ0n) is 10.4. The molecular formula is C16H20N. The minimum atomic E-state index is 0.0308. The maximum absolute atomic E-state index is 6.10. The van der Waals surface area contributed by atoms with E-state index >= 15 is 0 Å². The molecule has 0 amide bonds. The van der Waals surface area contributed by atoms with Crippen molar-refractivity contribution < 1.29 is 0 Å². The van der Waals surface area contributed by atoms with E-state index in [1.165, 1.54) is 12.0 Å². The van der Waals surface area contributed by atoms with E-state index < -0.39 is 0 Å². The topological polar surface area (TPSA) is 26.0 Å². The molecule has 0 aromatic heterocycles. The van der Waals surface area contributed by atoms with Crippen LogP contribution in [0.25, 0.3) is 0 Å². The fourth-order valence-electron chi connectivity index (χ4n) is 2.28. The lowest BCUT2D eigenvalue weighted by Gasteiger charge is -2.32. The van der Waals surface area contributed by atoms with Crippen molar-refractivity contribution >= 4 is 0 Å². The first-order valence-electron chi connectivity index (χ1n) is 6.27. The van der Waals surface area contributed by atoms with Crippen molar-refractivity contribution in [1.29, 1.82) is 0 Å². The largest absolute Gasteiger partial charge is 0.323 e. The molecule has 1 aliphatic rings. The number of hydrogen-bond donors (Lipinski definition) is 1. The van der Waals surface area contributed by atoms with Gasteiger partial charge in [0.05, 0.1) is 0 Å². The maximum atomic E-state index is 6.10. The third-order valence-corrected chi connectivity index (χ3v) is 3.58. The van der Waals surface area contributed by atoms with Crippen LogP contribution in [0, 0.1) is 11.5 Å². The third kappa shape index (κ3) is 3.07. The number of rotatable bonds is 4. The van der Waals surface area contributed by atoms with Crippen molar-refractivity contribution in [2.45, 2.75) is 32.2 Å². The van der Waals surface area contributed by atoms with Gasteiger partial charge in [0, 0.05) is 11.5 Å². The van der Waals surface area contributed by atoms with Crippen LogP contribution in [0.2, 0.25) is 0 Å². The molecule has 1 heteroatoms. The predicted molar refractivity (Wildman–Crippen MR) is 72.4 cm³/mol. The second-order valence-corrected chi connectivity index (χ2v) is 5.02. The summed E-state index contributed by atoms with van der Waals surface area (Å²) < 4.78 is 0. The minimum Gasteiger partial charge on any atom is -0.323 e. The van der Waals surface area contributed by atoms with Crippen molar-refractivity contribution in [3.63, 3.8) is 0 Å². The molecule has 1 aliphatic carbocycles. The Labute approximate surface area is 104 Å². The highest BCUT2D eigenvalue weighted by Crippen LogP contribution is 2.31. The lowest BCUT2D eigenvalue weighted by molar-refractivity contribution is 0.331. The van der Waals surface area contributed by atoms with E-state index in [0.29, 0.717) is 0 Å². The summed E-state index contributed by atoms with van der Waals surface area (Å²) in [5, 5.41) is 0. The Morgan fingerprint density at radius 3 is 2.76 bits per heavy atom. The van der Waals surface area contributed by atoms with Gasteiger partial charge in [-0.15, -0.1) is 0 Å². The minimum absolute atomic E-state index is 0.0308. The highest BCUT2D eigenvalue weighted by Gasteiger charge is 2.28. The van der Waals surface area contributed by atoms with Crippen LogP contribution in [-0.4, -0.2) is 6.04 Å². The third-order valence-electron chi connectivity index (χ3n) is 3.58. The van der Waals surface area contributed by atoms with Gasteiger partial charge in [-0.05, 0) is 30.9 Å². The van der Waals surface area contributed by atoms with Crippen molar-refractivity contribution in [2.75, 3.05) is 0 Å². The van der Waals surface area contributed by atoms with E-state index in [2.05, 4.69) is 55.5 Å². The number of nitrogens with two attached hydrogens (primary N) is 1. The predicted octanol–water partition coefficient (Wildman–Crippen LogP) is 3.27. The second kappa shape index (κ2) is 5.33.